The minimum Gasteiger partial charge on any atom is -0.370 e. The van der Waals surface area contributed by atoms with Crippen molar-refractivity contribution in [1.82, 2.24) is 25.3 Å². The fraction of sp³-hybridized carbons (Fsp3) is 0.240. The second-order valence-electron chi connectivity index (χ2n) is 8.10. The zero-order chi connectivity index (χ0) is 24.2. The lowest BCUT2D eigenvalue weighted by molar-refractivity contribution is 0.0964. The van der Waals surface area contributed by atoms with Crippen LogP contribution in [0.25, 0.3) is 22.2 Å². The van der Waals surface area contributed by atoms with Crippen LogP contribution in [0.3, 0.4) is 0 Å². The topological polar surface area (TPSA) is 92.7 Å². The van der Waals surface area contributed by atoms with Crippen LogP contribution >= 0.6 is 0 Å². The van der Waals surface area contributed by atoms with Gasteiger partial charge in [0, 0.05) is 43.0 Å². The standard InChI is InChI=1S/C25H24F2N6O/c1-14(11-31-22-10-20(32-13-33-22)16-4-7-21(27)30-12-16)15(2)17-5-6-19(26)23-18(25(34)28-3)8-9-29-24(17)23/h4-10,12-15H,11H2,1-3H3,(H,28,34)(H,31,32,33). The third-order valence-electron chi connectivity index (χ3n) is 5.98. The zero-order valence-corrected chi connectivity index (χ0v) is 19.0. The Hall–Kier alpha value is -4.01. The highest BCUT2D eigenvalue weighted by molar-refractivity contribution is 6.06. The van der Waals surface area contributed by atoms with Gasteiger partial charge in [0.1, 0.15) is 18.0 Å². The molecule has 0 saturated heterocycles. The van der Waals surface area contributed by atoms with Gasteiger partial charge in [0.15, 0.2) is 0 Å². The van der Waals surface area contributed by atoms with Crippen LogP contribution < -0.4 is 10.6 Å². The van der Waals surface area contributed by atoms with Gasteiger partial charge in [0.05, 0.1) is 16.8 Å². The van der Waals surface area contributed by atoms with Crippen LogP contribution in [0.5, 0.6) is 0 Å². The van der Waals surface area contributed by atoms with Crippen molar-refractivity contribution in [3.05, 3.63) is 78.0 Å². The number of hydrogen-bond acceptors (Lipinski definition) is 6. The molecule has 0 bridgehead atoms. The summed E-state index contributed by atoms with van der Waals surface area (Å²) in [5, 5.41) is 6.08. The van der Waals surface area contributed by atoms with Crippen molar-refractivity contribution in [2.45, 2.75) is 19.8 Å². The number of anilines is 1. The zero-order valence-electron chi connectivity index (χ0n) is 19.0. The van der Waals surface area contributed by atoms with Crippen LogP contribution in [0.4, 0.5) is 14.6 Å². The summed E-state index contributed by atoms with van der Waals surface area (Å²) in [6, 6.07) is 9.30. The highest BCUT2D eigenvalue weighted by Crippen LogP contribution is 2.32. The highest BCUT2D eigenvalue weighted by atomic mass is 19.1. The SMILES string of the molecule is CNC(=O)c1ccnc2c(C(C)C(C)CNc3cc(-c4ccc(F)nc4)ncn3)ccc(F)c12. The van der Waals surface area contributed by atoms with Crippen LogP contribution in [0.15, 0.2) is 55.1 Å². The number of carbonyl (C=O) groups is 1. The number of rotatable bonds is 7. The van der Waals surface area contributed by atoms with Gasteiger partial charge in [-0.05, 0) is 41.7 Å². The van der Waals surface area contributed by atoms with Gasteiger partial charge >= 0.3 is 0 Å². The molecule has 3 aromatic heterocycles. The molecular weight excluding hydrogens is 438 g/mol. The van der Waals surface area contributed by atoms with Gasteiger partial charge in [-0.25, -0.2) is 19.3 Å². The lowest BCUT2D eigenvalue weighted by Gasteiger charge is -2.22. The van der Waals surface area contributed by atoms with Crippen molar-refractivity contribution >= 4 is 22.6 Å². The Bertz CT molecular complexity index is 1330. The fourth-order valence-electron chi connectivity index (χ4n) is 3.83. The van der Waals surface area contributed by atoms with E-state index in [4.69, 9.17) is 0 Å². The summed E-state index contributed by atoms with van der Waals surface area (Å²) in [5.41, 5.74) is 2.91. The molecule has 174 valence electrons. The van der Waals surface area contributed by atoms with E-state index in [0.717, 1.165) is 5.56 Å². The molecule has 7 nitrogen and oxygen atoms in total. The number of nitrogens with zero attached hydrogens (tertiary/aromatic N) is 4. The number of amides is 1. The molecule has 2 unspecified atom stereocenters. The van der Waals surface area contributed by atoms with E-state index in [1.54, 1.807) is 18.2 Å². The number of carbonyl (C=O) groups excluding carboxylic acids is 1. The molecule has 2 N–H and O–H groups in total. The molecule has 3 heterocycles. The van der Waals surface area contributed by atoms with Gasteiger partial charge in [-0.15, -0.1) is 0 Å². The van der Waals surface area contributed by atoms with E-state index in [2.05, 4.69) is 37.5 Å². The highest BCUT2D eigenvalue weighted by Gasteiger charge is 2.22. The normalized spacial score (nSPS) is 12.9. The van der Waals surface area contributed by atoms with Crippen molar-refractivity contribution in [3.63, 3.8) is 0 Å². The average molecular weight is 463 g/mol. The minimum absolute atomic E-state index is 0.00523. The Balaban J connectivity index is 1.54. The Labute approximate surface area is 195 Å². The molecule has 0 aliphatic rings. The van der Waals surface area contributed by atoms with Crippen molar-refractivity contribution in [3.8, 4) is 11.3 Å². The molecule has 0 radical (unpaired) electrons. The van der Waals surface area contributed by atoms with E-state index in [0.29, 0.717) is 29.1 Å². The predicted molar refractivity (Wildman–Crippen MR) is 126 cm³/mol. The van der Waals surface area contributed by atoms with Gasteiger partial charge in [0.25, 0.3) is 5.91 Å². The van der Waals surface area contributed by atoms with Crippen molar-refractivity contribution in [2.24, 2.45) is 5.92 Å². The van der Waals surface area contributed by atoms with E-state index in [1.807, 2.05) is 6.92 Å². The first-order chi connectivity index (χ1) is 16.4. The average Bonchev–Trinajstić information content (AvgIpc) is 2.87. The lowest BCUT2D eigenvalue weighted by atomic mass is 9.86. The molecular formula is C25H24F2N6O. The number of hydrogen-bond donors (Lipinski definition) is 2. The summed E-state index contributed by atoms with van der Waals surface area (Å²) in [6.07, 6.45) is 4.39. The monoisotopic (exact) mass is 462 g/mol. The van der Waals surface area contributed by atoms with Gasteiger partial charge in [-0.1, -0.05) is 19.9 Å². The van der Waals surface area contributed by atoms with Crippen LogP contribution in [0.1, 0.15) is 35.7 Å². The minimum atomic E-state index is -0.552. The molecule has 0 aliphatic heterocycles. The first kappa shape index (κ1) is 23.2. The van der Waals surface area contributed by atoms with Crippen molar-refractivity contribution in [1.29, 1.82) is 0 Å². The molecule has 1 aromatic carbocycles. The van der Waals surface area contributed by atoms with Crippen LogP contribution in [0.2, 0.25) is 0 Å². The summed E-state index contributed by atoms with van der Waals surface area (Å²) in [4.78, 5) is 28.8. The Morgan fingerprint density at radius 1 is 1.03 bits per heavy atom. The summed E-state index contributed by atoms with van der Waals surface area (Å²) >= 11 is 0. The molecule has 4 rings (SSSR count). The Morgan fingerprint density at radius 2 is 1.85 bits per heavy atom. The van der Waals surface area contributed by atoms with Gasteiger partial charge in [-0.2, -0.15) is 4.39 Å². The van der Waals surface area contributed by atoms with Crippen LogP contribution in [-0.4, -0.2) is 39.4 Å². The molecule has 0 saturated carbocycles. The second-order valence-corrected chi connectivity index (χ2v) is 8.10. The van der Waals surface area contributed by atoms with E-state index < -0.39 is 11.8 Å². The van der Waals surface area contributed by atoms with Crippen LogP contribution in [0, 0.1) is 17.7 Å². The van der Waals surface area contributed by atoms with Gasteiger partial charge in [-0.3, -0.25) is 9.78 Å². The quantitative estimate of drug-likeness (QED) is 0.391. The maximum absolute atomic E-state index is 14.7. The Kier molecular flexibility index (Phi) is 6.72. The summed E-state index contributed by atoms with van der Waals surface area (Å²) in [5.74, 6) is -0.647. The van der Waals surface area contributed by atoms with Gasteiger partial charge in [0.2, 0.25) is 5.95 Å². The van der Waals surface area contributed by atoms with E-state index >= 15 is 0 Å². The summed E-state index contributed by atoms with van der Waals surface area (Å²) in [6.45, 7) is 4.69. The fourth-order valence-corrected chi connectivity index (χ4v) is 3.83. The number of nitrogens with one attached hydrogen (secondary N) is 2. The number of pyridine rings is 2. The molecule has 4 aromatic rings. The molecule has 1 amide bonds. The summed E-state index contributed by atoms with van der Waals surface area (Å²) in [7, 11) is 1.51. The smallest absolute Gasteiger partial charge is 0.251 e. The van der Waals surface area contributed by atoms with Crippen molar-refractivity contribution < 1.29 is 13.6 Å². The first-order valence-electron chi connectivity index (χ1n) is 10.9. The lowest BCUT2D eigenvalue weighted by Crippen LogP contribution is -2.20. The molecule has 0 fully saturated rings. The first-order valence-corrected chi connectivity index (χ1v) is 10.9. The number of benzene rings is 1. The van der Waals surface area contributed by atoms with Crippen molar-refractivity contribution in [2.75, 3.05) is 18.9 Å². The second kappa shape index (κ2) is 9.86. The molecule has 34 heavy (non-hydrogen) atoms. The third-order valence-corrected chi connectivity index (χ3v) is 5.98. The molecule has 0 spiro atoms. The number of aromatic nitrogens is 4. The third kappa shape index (κ3) is 4.68. The molecule has 2 atom stereocenters. The van der Waals surface area contributed by atoms with Crippen LogP contribution in [-0.2, 0) is 0 Å². The Morgan fingerprint density at radius 3 is 2.59 bits per heavy atom. The number of fused-ring (bicyclic) bond motifs is 1. The predicted octanol–water partition coefficient (Wildman–Crippen LogP) is 4.58. The molecule has 0 aliphatic carbocycles. The maximum atomic E-state index is 14.7. The summed E-state index contributed by atoms with van der Waals surface area (Å²) < 4.78 is 27.8. The van der Waals surface area contributed by atoms with Gasteiger partial charge < -0.3 is 10.6 Å². The molecule has 9 heteroatoms. The van der Waals surface area contributed by atoms with E-state index in [1.165, 1.54) is 44.0 Å². The largest absolute Gasteiger partial charge is 0.370 e. The number of halogens is 2. The maximum Gasteiger partial charge on any atom is 0.251 e. The van der Waals surface area contributed by atoms with E-state index in [9.17, 15) is 13.6 Å². The van der Waals surface area contributed by atoms with E-state index in [-0.39, 0.29) is 28.7 Å².